The van der Waals surface area contributed by atoms with E-state index in [4.69, 9.17) is 9.47 Å². The number of rotatable bonds is 8. The molecule has 0 atom stereocenters. The Hall–Kier alpha value is -1.27. The van der Waals surface area contributed by atoms with Crippen molar-refractivity contribution in [3.05, 3.63) is 11.9 Å². The smallest absolute Gasteiger partial charge is 0.171 e. The molecule has 6 nitrogen and oxygen atoms in total. The first-order valence-electron chi connectivity index (χ1n) is 4.79. The number of aryl methyl sites for hydroxylation is 1. The molecule has 0 saturated carbocycles. The zero-order valence-electron chi connectivity index (χ0n) is 8.76. The molecular weight excluding hydrogens is 198 g/mol. The number of hydrogen-bond acceptors (Lipinski definition) is 5. The van der Waals surface area contributed by atoms with E-state index in [1.54, 1.807) is 18.0 Å². The lowest BCUT2D eigenvalue weighted by molar-refractivity contribution is 0.0676. The van der Waals surface area contributed by atoms with E-state index in [9.17, 15) is 4.79 Å². The van der Waals surface area contributed by atoms with Crippen LogP contribution in [0.3, 0.4) is 0 Å². The quantitative estimate of drug-likeness (QED) is 0.454. The molecule has 0 bridgehead atoms. The highest BCUT2D eigenvalue weighted by atomic mass is 16.5. The molecule has 6 heteroatoms. The number of aromatic nitrogens is 3. The zero-order valence-corrected chi connectivity index (χ0v) is 8.76. The summed E-state index contributed by atoms with van der Waals surface area (Å²) in [5.74, 6) is 0. The molecule has 0 N–H and O–H groups in total. The van der Waals surface area contributed by atoms with Crippen LogP contribution in [0, 0.1) is 0 Å². The standard InChI is InChI=1S/C9H15N3O3/c1-14-5-6-15-4-2-3-12-7-9(8-13)10-11-12/h7-8H,2-6H2,1H3. The predicted molar refractivity (Wildman–Crippen MR) is 52.7 cm³/mol. The van der Waals surface area contributed by atoms with Crippen LogP contribution in [0.2, 0.25) is 0 Å². The fraction of sp³-hybridized carbons (Fsp3) is 0.667. The van der Waals surface area contributed by atoms with E-state index >= 15 is 0 Å². The van der Waals surface area contributed by atoms with Crippen LogP contribution in [-0.2, 0) is 16.0 Å². The maximum atomic E-state index is 10.3. The Morgan fingerprint density at radius 1 is 1.47 bits per heavy atom. The average Bonchev–Trinajstić information content (AvgIpc) is 2.71. The zero-order chi connectivity index (χ0) is 10.9. The van der Waals surface area contributed by atoms with Crippen LogP contribution in [0.25, 0.3) is 0 Å². The first kappa shape index (κ1) is 11.8. The molecule has 0 aromatic carbocycles. The van der Waals surface area contributed by atoms with Gasteiger partial charge in [0.1, 0.15) is 5.69 Å². The Bertz CT molecular complexity index is 288. The minimum absolute atomic E-state index is 0.357. The number of ether oxygens (including phenoxy) is 2. The summed E-state index contributed by atoms with van der Waals surface area (Å²) in [5, 5.41) is 7.42. The summed E-state index contributed by atoms with van der Waals surface area (Å²) in [4.78, 5) is 10.3. The van der Waals surface area contributed by atoms with Crippen molar-refractivity contribution in [2.75, 3.05) is 26.9 Å². The molecule has 0 spiro atoms. The molecule has 1 aromatic heterocycles. The van der Waals surface area contributed by atoms with Crippen molar-refractivity contribution in [2.24, 2.45) is 0 Å². The third-order valence-corrected chi connectivity index (χ3v) is 1.78. The molecule has 0 aliphatic carbocycles. The Balaban J connectivity index is 2.07. The normalized spacial score (nSPS) is 10.5. The molecule has 1 rings (SSSR count). The second-order valence-electron chi connectivity index (χ2n) is 2.98. The minimum Gasteiger partial charge on any atom is -0.382 e. The molecule has 0 saturated heterocycles. The number of nitrogens with zero attached hydrogens (tertiary/aromatic N) is 3. The van der Waals surface area contributed by atoms with Gasteiger partial charge >= 0.3 is 0 Å². The summed E-state index contributed by atoms with van der Waals surface area (Å²) in [5.41, 5.74) is 0.357. The lowest BCUT2D eigenvalue weighted by Crippen LogP contribution is -2.06. The summed E-state index contributed by atoms with van der Waals surface area (Å²) >= 11 is 0. The number of aldehydes is 1. The van der Waals surface area contributed by atoms with Crippen molar-refractivity contribution >= 4 is 6.29 Å². The van der Waals surface area contributed by atoms with Gasteiger partial charge in [0.2, 0.25) is 0 Å². The van der Waals surface area contributed by atoms with Crippen LogP contribution in [0.15, 0.2) is 6.20 Å². The lowest BCUT2D eigenvalue weighted by atomic mass is 10.4. The van der Waals surface area contributed by atoms with Crippen LogP contribution >= 0.6 is 0 Å². The Morgan fingerprint density at radius 3 is 3.00 bits per heavy atom. The summed E-state index contributed by atoms with van der Waals surface area (Å²) < 4.78 is 11.7. The highest BCUT2D eigenvalue weighted by Gasteiger charge is 1.98. The summed E-state index contributed by atoms with van der Waals surface area (Å²) in [7, 11) is 1.64. The molecule has 1 aromatic rings. The third-order valence-electron chi connectivity index (χ3n) is 1.78. The van der Waals surface area contributed by atoms with E-state index < -0.39 is 0 Å². The largest absolute Gasteiger partial charge is 0.382 e. The summed E-state index contributed by atoms with van der Waals surface area (Å²) in [6.45, 7) is 2.57. The third kappa shape index (κ3) is 4.66. The van der Waals surface area contributed by atoms with Gasteiger partial charge in [0.25, 0.3) is 0 Å². The average molecular weight is 213 g/mol. The van der Waals surface area contributed by atoms with E-state index in [1.165, 1.54) is 0 Å². The maximum Gasteiger partial charge on any atom is 0.171 e. The van der Waals surface area contributed by atoms with Crippen molar-refractivity contribution in [1.29, 1.82) is 0 Å². The molecule has 1 heterocycles. The minimum atomic E-state index is 0.357. The topological polar surface area (TPSA) is 66.2 Å². The highest BCUT2D eigenvalue weighted by Crippen LogP contribution is 1.92. The van der Waals surface area contributed by atoms with Crippen LogP contribution in [0.4, 0.5) is 0 Å². The summed E-state index contributed by atoms with van der Waals surface area (Å²) in [6.07, 6.45) is 3.13. The van der Waals surface area contributed by atoms with Gasteiger partial charge in [-0.15, -0.1) is 5.10 Å². The summed E-state index contributed by atoms with van der Waals surface area (Å²) in [6, 6.07) is 0. The van der Waals surface area contributed by atoms with Gasteiger partial charge in [-0.05, 0) is 6.42 Å². The monoisotopic (exact) mass is 213 g/mol. The van der Waals surface area contributed by atoms with E-state index in [0.717, 1.165) is 6.42 Å². The van der Waals surface area contributed by atoms with Crippen LogP contribution in [0.5, 0.6) is 0 Å². The number of hydrogen-bond donors (Lipinski definition) is 0. The molecule has 0 unspecified atom stereocenters. The van der Waals surface area contributed by atoms with Gasteiger partial charge in [-0.2, -0.15) is 0 Å². The molecular formula is C9H15N3O3. The van der Waals surface area contributed by atoms with Crippen molar-refractivity contribution in [2.45, 2.75) is 13.0 Å². The van der Waals surface area contributed by atoms with Gasteiger partial charge in [-0.25, -0.2) is 0 Å². The van der Waals surface area contributed by atoms with E-state index in [2.05, 4.69) is 10.3 Å². The Kier molecular flexibility index (Phi) is 5.57. The first-order valence-corrected chi connectivity index (χ1v) is 4.79. The van der Waals surface area contributed by atoms with Gasteiger partial charge in [0.05, 0.1) is 19.4 Å². The second kappa shape index (κ2) is 7.08. The molecule has 15 heavy (non-hydrogen) atoms. The van der Waals surface area contributed by atoms with Gasteiger partial charge in [0, 0.05) is 20.3 Å². The predicted octanol–water partition coefficient (Wildman–Crippen LogP) is 0.144. The molecule has 0 radical (unpaired) electrons. The van der Waals surface area contributed by atoms with Gasteiger partial charge < -0.3 is 9.47 Å². The van der Waals surface area contributed by atoms with Crippen molar-refractivity contribution in [3.63, 3.8) is 0 Å². The highest BCUT2D eigenvalue weighted by molar-refractivity contribution is 5.70. The van der Waals surface area contributed by atoms with Gasteiger partial charge in [-0.3, -0.25) is 9.48 Å². The lowest BCUT2D eigenvalue weighted by Gasteiger charge is -2.02. The maximum absolute atomic E-state index is 10.3. The van der Waals surface area contributed by atoms with Crippen LogP contribution < -0.4 is 0 Å². The van der Waals surface area contributed by atoms with Crippen molar-refractivity contribution < 1.29 is 14.3 Å². The molecule has 0 fully saturated rings. The van der Waals surface area contributed by atoms with Gasteiger partial charge in [-0.1, -0.05) is 5.21 Å². The van der Waals surface area contributed by atoms with Gasteiger partial charge in [0.15, 0.2) is 6.29 Å². The number of methoxy groups -OCH3 is 1. The Morgan fingerprint density at radius 2 is 2.33 bits per heavy atom. The van der Waals surface area contributed by atoms with E-state index in [1.807, 2.05) is 0 Å². The van der Waals surface area contributed by atoms with E-state index in [0.29, 0.717) is 38.3 Å². The van der Waals surface area contributed by atoms with E-state index in [-0.39, 0.29) is 0 Å². The SMILES string of the molecule is COCCOCCCn1cc(C=O)nn1. The molecule has 0 amide bonds. The van der Waals surface area contributed by atoms with Crippen molar-refractivity contribution in [1.82, 2.24) is 15.0 Å². The Labute approximate surface area is 88.2 Å². The molecule has 0 aliphatic rings. The fourth-order valence-electron chi connectivity index (χ4n) is 1.05. The second-order valence-corrected chi connectivity index (χ2v) is 2.98. The molecule has 0 aliphatic heterocycles. The number of carbonyl (C=O) groups is 1. The first-order chi connectivity index (χ1) is 7.36. The van der Waals surface area contributed by atoms with Crippen molar-refractivity contribution in [3.8, 4) is 0 Å². The molecule has 84 valence electrons. The number of carbonyl (C=O) groups excluding carboxylic acids is 1. The van der Waals surface area contributed by atoms with Crippen LogP contribution in [0.1, 0.15) is 16.9 Å². The van der Waals surface area contributed by atoms with Crippen LogP contribution in [-0.4, -0.2) is 48.2 Å². The fourth-order valence-corrected chi connectivity index (χ4v) is 1.05.